The number of anilines is 2. The number of carbonyl (C=O) groups excluding carboxylic acids is 1. The Hall–Kier alpha value is -3.61. The number of fused-ring (bicyclic) bond motifs is 2. The van der Waals surface area contributed by atoms with Gasteiger partial charge in [-0.25, -0.2) is 0 Å². The third kappa shape index (κ3) is 3.39. The van der Waals surface area contributed by atoms with Gasteiger partial charge in [-0.2, -0.15) is 0 Å². The van der Waals surface area contributed by atoms with E-state index in [4.69, 9.17) is 0 Å². The van der Waals surface area contributed by atoms with E-state index in [-0.39, 0.29) is 29.8 Å². The van der Waals surface area contributed by atoms with E-state index in [1.54, 1.807) is 36.4 Å². The van der Waals surface area contributed by atoms with Gasteiger partial charge in [-0.05, 0) is 41.6 Å². The summed E-state index contributed by atoms with van der Waals surface area (Å²) in [5.74, 6) is -0.0237. The number of aromatic hydroxyl groups is 1. The van der Waals surface area contributed by atoms with Crippen LogP contribution in [0.1, 0.15) is 12.0 Å². The molecule has 136 valence electrons. The molecule has 0 saturated carbocycles. The van der Waals surface area contributed by atoms with Crippen LogP contribution in [0, 0.1) is 10.1 Å². The molecule has 1 aliphatic heterocycles. The number of phenolic OH excluding ortho intramolecular Hbond substituents is 1. The largest absolute Gasteiger partial charge is 0.508 e. The van der Waals surface area contributed by atoms with Gasteiger partial charge in [0.1, 0.15) is 5.75 Å². The molecule has 0 spiro atoms. The van der Waals surface area contributed by atoms with Crippen molar-refractivity contribution in [3.8, 4) is 5.75 Å². The molecule has 1 amide bonds. The third-order valence-electron chi connectivity index (χ3n) is 4.70. The van der Waals surface area contributed by atoms with Crippen LogP contribution in [0.2, 0.25) is 0 Å². The lowest BCUT2D eigenvalue weighted by atomic mass is 10.1. The van der Waals surface area contributed by atoms with Crippen molar-refractivity contribution in [1.29, 1.82) is 0 Å². The van der Waals surface area contributed by atoms with Gasteiger partial charge in [0.25, 0.3) is 5.69 Å². The van der Waals surface area contributed by atoms with Crippen molar-refractivity contribution in [2.45, 2.75) is 18.9 Å². The number of hydrogen-bond acceptors (Lipinski definition) is 5. The van der Waals surface area contributed by atoms with E-state index in [1.807, 2.05) is 12.1 Å². The van der Waals surface area contributed by atoms with Crippen molar-refractivity contribution in [2.24, 2.45) is 0 Å². The second-order valence-corrected chi connectivity index (χ2v) is 6.61. The Morgan fingerprint density at radius 3 is 2.89 bits per heavy atom. The van der Waals surface area contributed by atoms with Gasteiger partial charge in [0.15, 0.2) is 0 Å². The van der Waals surface area contributed by atoms with E-state index in [0.29, 0.717) is 12.1 Å². The molecule has 0 aromatic heterocycles. The van der Waals surface area contributed by atoms with E-state index in [9.17, 15) is 20.0 Å². The Morgan fingerprint density at radius 2 is 2.07 bits per heavy atom. The Labute approximate surface area is 154 Å². The quantitative estimate of drug-likeness (QED) is 0.483. The van der Waals surface area contributed by atoms with Crippen LogP contribution in [-0.2, 0) is 11.2 Å². The van der Waals surface area contributed by atoms with Gasteiger partial charge < -0.3 is 15.7 Å². The molecule has 1 heterocycles. The number of hydrogen-bond donors (Lipinski definition) is 3. The van der Waals surface area contributed by atoms with Crippen molar-refractivity contribution in [3.63, 3.8) is 0 Å². The van der Waals surface area contributed by atoms with Gasteiger partial charge in [0.2, 0.25) is 5.91 Å². The van der Waals surface area contributed by atoms with Gasteiger partial charge in [-0.3, -0.25) is 14.9 Å². The molecule has 0 bridgehead atoms. The monoisotopic (exact) mass is 363 g/mol. The molecule has 1 aliphatic rings. The lowest BCUT2D eigenvalue weighted by Gasteiger charge is -2.13. The maximum atomic E-state index is 12.5. The normalized spacial score (nSPS) is 15.2. The summed E-state index contributed by atoms with van der Waals surface area (Å²) >= 11 is 0. The van der Waals surface area contributed by atoms with Crippen LogP contribution in [0.25, 0.3) is 10.8 Å². The molecule has 3 N–H and O–H groups in total. The Balaban J connectivity index is 1.46. The standard InChI is InChI=1S/C20H17N3O4/c24-16-6-4-12-2-1-3-19(17(12)11-16)22-20(25)10-14-8-13-9-15(23(26)27)5-7-18(13)21-14/h1-7,9,11,14,21,24H,8,10H2,(H,22,25). The summed E-state index contributed by atoms with van der Waals surface area (Å²) in [6.07, 6.45) is 0.790. The highest BCUT2D eigenvalue weighted by atomic mass is 16.6. The highest BCUT2D eigenvalue weighted by Crippen LogP contribution is 2.31. The van der Waals surface area contributed by atoms with Gasteiger partial charge in [0.05, 0.1) is 4.92 Å². The molecule has 0 aliphatic carbocycles. The van der Waals surface area contributed by atoms with Crippen LogP contribution in [-0.4, -0.2) is 22.0 Å². The zero-order chi connectivity index (χ0) is 19.0. The van der Waals surface area contributed by atoms with Crippen LogP contribution in [0.4, 0.5) is 17.1 Å². The first-order chi connectivity index (χ1) is 13.0. The maximum absolute atomic E-state index is 12.5. The van der Waals surface area contributed by atoms with Crippen molar-refractivity contribution in [2.75, 3.05) is 10.6 Å². The number of nitro benzene ring substituents is 1. The summed E-state index contributed by atoms with van der Waals surface area (Å²) in [4.78, 5) is 23.0. The summed E-state index contributed by atoms with van der Waals surface area (Å²) in [6, 6.07) is 15.1. The van der Waals surface area contributed by atoms with Crippen LogP contribution < -0.4 is 10.6 Å². The molecular weight excluding hydrogens is 346 g/mol. The predicted molar refractivity (Wildman–Crippen MR) is 103 cm³/mol. The number of non-ortho nitro benzene ring substituents is 1. The van der Waals surface area contributed by atoms with Crippen LogP contribution >= 0.6 is 0 Å². The number of amides is 1. The zero-order valence-electron chi connectivity index (χ0n) is 14.3. The molecule has 3 aromatic rings. The van der Waals surface area contributed by atoms with E-state index in [0.717, 1.165) is 22.0 Å². The Bertz CT molecular complexity index is 1060. The second kappa shape index (κ2) is 6.60. The Morgan fingerprint density at radius 1 is 1.22 bits per heavy atom. The molecule has 0 fully saturated rings. The number of rotatable bonds is 4. The average molecular weight is 363 g/mol. The molecule has 7 nitrogen and oxygen atoms in total. The van der Waals surface area contributed by atoms with Gasteiger partial charge in [-0.15, -0.1) is 0 Å². The number of nitrogens with one attached hydrogen (secondary N) is 2. The van der Waals surface area contributed by atoms with Crippen LogP contribution in [0.3, 0.4) is 0 Å². The molecule has 0 saturated heterocycles. The SMILES string of the molecule is O=C(CC1Cc2cc([N+](=O)[O-])ccc2N1)Nc1cccc2ccc(O)cc12. The fraction of sp³-hybridized carbons (Fsp3) is 0.150. The molecule has 1 atom stereocenters. The number of benzene rings is 3. The minimum atomic E-state index is -0.420. The topological polar surface area (TPSA) is 104 Å². The van der Waals surface area contributed by atoms with E-state index in [1.165, 1.54) is 6.07 Å². The van der Waals surface area contributed by atoms with Crippen molar-refractivity contribution in [1.82, 2.24) is 0 Å². The molecule has 0 radical (unpaired) electrons. The summed E-state index contributed by atoms with van der Waals surface area (Å²) in [5.41, 5.74) is 2.36. The summed E-state index contributed by atoms with van der Waals surface area (Å²) in [5, 5.41) is 28.4. The average Bonchev–Trinajstić information content (AvgIpc) is 3.03. The van der Waals surface area contributed by atoms with Crippen LogP contribution in [0.15, 0.2) is 54.6 Å². The number of nitro groups is 1. The van der Waals surface area contributed by atoms with E-state index >= 15 is 0 Å². The van der Waals surface area contributed by atoms with Crippen molar-refractivity contribution in [3.05, 3.63) is 70.3 Å². The highest BCUT2D eigenvalue weighted by molar-refractivity contribution is 6.02. The lowest BCUT2D eigenvalue weighted by molar-refractivity contribution is -0.384. The van der Waals surface area contributed by atoms with Gasteiger partial charge >= 0.3 is 0 Å². The smallest absolute Gasteiger partial charge is 0.269 e. The minimum absolute atomic E-state index is 0.0521. The maximum Gasteiger partial charge on any atom is 0.269 e. The molecule has 27 heavy (non-hydrogen) atoms. The molecule has 1 unspecified atom stereocenters. The molecule has 7 heteroatoms. The molecule has 3 aromatic carbocycles. The summed E-state index contributed by atoms with van der Waals surface area (Å²) in [7, 11) is 0. The van der Waals surface area contributed by atoms with Crippen LogP contribution in [0.5, 0.6) is 5.75 Å². The van der Waals surface area contributed by atoms with Crippen molar-refractivity contribution >= 4 is 33.7 Å². The first-order valence-electron chi connectivity index (χ1n) is 8.55. The highest BCUT2D eigenvalue weighted by Gasteiger charge is 2.25. The predicted octanol–water partition coefficient (Wildman–Crippen LogP) is 3.82. The van der Waals surface area contributed by atoms with E-state index < -0.39 is 4.92 Å². The zero-order valence-corrected chi connectivity index (χ0v) is 14.3. The van der Waals surface area contributed by atoms with Crippen molar-refractivity contribution < 1.29 is 14.8 Å². The minimum Gasteiger partial charge on any atom is -0.508 e. The number of carbonyl (C=O) groups is 1. The second-order valence-electron chi connectivity index (χ2n) is 6.61. The first kappa shape index (κ1) is 16.8. The molecular formula is C20H17N3O4. The fourth-order valence-corrected chi connectivity index (χ4v) is 3.46. The fourth-order valence-electron chi connectivity index (χ4n) is 3.46. The lowest BCUT2D eigenvalue weighted by Crippen LogP contribution is -2.24. The number of nitrogens with zero attached hydrogens (tertiary/aromatic N) is 1. The number of phenols is 1. The summed E-state index contributed by atoms with van der Waals surface area (Å²) in [6.45, 7) is 0. The summed E-state index contributed by atoms with van der Waals surface area (Å²) < 4.78 is 0. The first-order valence-corrected chi connectivity index (χ1v) is 8.55. The van der Waals surface area contributed by atoms with Gasteiger partial charge in [0, 0.05) is 41.4 Å². The molecule has 4 rings (SSSR count). The van der Waals surface area contributed by atoms with E-state index in [2.05, 4.69) is 10.6 Å². The third-order valence-corrected chi connectivity index (χ3v) is 4.70. The van der Waals surface area contributed by atoms with Gasteiger partial charge in [-0.1, -0.05) is 18.2 Å². The Kier molecular flexibility index (Phi) is 4.12.